The van der Waals surface area contributed by atoms with Crippen LogP contribution >= 0.6 is 0 Å². The Labute approximate surface area is 249 Å². The largest absolute Gasteiger partial charge is 0.497 e. The molecule has 42 heavy (non-hydrogen) atoms. The summed E-state index contributed by atoms with van der Waals surface area (Å²) >= 11 is 0. The zero-order chi connectivity index (χ0) is 30.5. The van der Waals surface area contributed by atoms with Gasteiger partial charge >= 0.3 is 0 Å². The highest BCUT2D eigenvalue weighted by atomic mass is 16.5. The summed E-state index contributed by atoms with van der Waals surface area (Å²) in [5, 5.41) is 29.4. The molecular formula is C31H50N4O7. The molecule has 0 bridgehead atoms. The number of hydrogen-bond acceptors (Lipinski definition) is 8. The van der Waals surface area contributed by atoms with Gasteiger partial charge in [0.1, 0.15) is 17.8 Å². The Hall–Kier alpha value is -2.73. The van der Waals surface area contributed by atoms with Gasteiger partial charge in [0.15, 0.2) is 0 Å². The molecule has 1 aliphatic heterocycles. The molecule has 1 aromatic carbocycles. The minimum atomic E-state index is -0.949. The van der Waals surface area contributed by atoms with Crippen molar-refractivity contribution in [2.75, 3.05) is 46.6 Å². The van der Waals surface area contributed by atoms with Crippen LogP contribution in [0.15, 0.2) is 24.3 Å². The number of nitrogens with zero attached hydrogens (tertiary/aromatic N) is 1. The van der Waals surface area contributed by atoms with Crippen LogP contribution in [0.3, 0.4) is 0 Å². The van der Waals surface area contributed by atoms with E-state index in [2.05, 4.69) is 16.0 Å². The summed E-state index contributed by atoms with van der Waals surface area (Å²) in [4.78, 5) is 41.5. The van der Waals surface area contributed by atoms with E-state index in [4.69, 9.17) is 9.47 Å². The van der Waals surface area contributed by atoms with Gasteiger partial charge in [-0.05, 0) is 37.0 Å². The fourth-order valence-corrected chi connectivity index (χ4v) is 5.67. The number of carbonyl (C=O) groups excluding carboxylic acids is 3. The number of aliphatic hydroxyl groups is 2. The van der Waals surface area contributed by atoms with Crippen LogP contribution in [-0.4, -0.2) is 104 Å². The molecule has 3 rings (SSSR count). The molecule has 5 atom stereocenters. The van der Waals surface area contributed by atoms with E-state index >= 15 is 0 Å². The summed E-state index contributed by atoms with van der Waals surface area (Å²) < 4.78 is 10.6. The normalized spacial score (nSPS) is 20.0. The quantitative estimate of drug-likeness (QED) is 0.203. The number of morpholine rings is 1. The average molecular weight is 591 g/mol. The summed E-state index contributed by atoms with van der Waals surface area (Å²) in [6.45, 7) is 5.75. The van der Waals surface area contributed by atoms with Crippen LogP contribution in [0.4, 0.5) is 0 Å². The van der Waals surface area contributed by atoms with Gasteiger partial charge in [-0.3, -0.25) is 19.3 Å². The third kappa shape index (κ3) is 10.8. The van der Waals surface area contributed by atoms with Gasteiger partial charge in [-0.25, -0.2) is 0 Å². The van der Waals surface area contributed by atoms with E-state index in [9.17, 15) is 24.6 Å². The van der Waals surface area contributed by atoms with Crippen molar-refractivity contribution in [1.29, 1.82) is 0 Å². The number of benzene rings is 1. The third-order valence-electron chi connectivity index (χ3n) is 8.40. The van der Waals surface area contributed by atoms with E-state index in [-0.39, 0.29) is 25.5 Å². The molecule has 1 saturated heterocycles. The number of hydrogen-bond donors (Lipinski definition) is 5. The molecule has 3 amide bonds. The van der Waals surface area contributed by atoms with E-state index in [0.717, 1.165) is 31.2 Å². The molecule has 0 spiro atoms. The van der Waals surface area contributed by atoms with Crippen molar-refractivity contribution in [3.8, 4) is 5.75 Å². The summed E-state index contributed by atoms with van der Waals surface area (Å²) in [5.41, 5.74) is 0.813. The molecule has 11 heteroatoms. The van der Waals surface area contributed by atoms with Crippen molar-refractivity contribution in [1.82, 2.24) is 20.9 Å². The molecule has 0 radical (unpaired) electrons. The van der Waals surface area contributed by atoms with Gasteiger partial charge in [0, 0.05) is 32.0 Å². The van der Waals surface area contributed by atoms with Crippen molar-refractivity contribution >= 4 is 17.7 Å². The van der Waals surface area contributed by atoms with Crippen LogP contribution in [0, 0.1) is 11.8 Å². The van der Waals surface area contributed by atoms with E-state index in [1.54, 1.807) is 33.1 Å². The molecule has 1 heterocycles. The highest BCUT2D eigenvalue weighted by molar-refractivity contribution is 5.92. The van der Waals surface area contributed by atoms with E-state index < -0.39 is 42.0 Å². The summed E-state index contributed by atoms with van der Waals surface area (Å²) in [5.74, 6) is -0.544. The Kier molecular flexibility index (Phi) is 14.0. The van der Waals surface area contributed by atoms with Crippen molar-refractivity contribution < 1.29 is 34.1 Å². The van der Waals surface area contributed by atoms with E-state index in [1.807, 2.05) is 17.0 Å². The van der Waals surface area contributed by atoms with E-state index in [0.29, 0.717) is 44.4 Å². The van der Waals surface area contributed by atoms with Gasteiger partial charge in [-0.15, -0.1) is 0 Å². The molecule has 1 aromatic rings. The molecule has 1 saturated carbocycles. The second-order valence-corrected chi connectivity index (χ2v) is 11.8. The number of methoxy groups -OCH3 is 1. The monoisotopic (exact) mass is 590 g/mol. The molecule has 0 unspecified atom stereocenters. The standard InChI is InChI=1S/C31H50N4O7/c1-21(20-36)29(38)26(17-23-7-5-4-6-8-23)33-31(40)27(18-24-9-11-25(41-3)12-10-24)34-30(39)22(2)32-28(37)19-35-13-15-42-16-14-35/h9-12,21-23,26-27,29,36,38H,4-8,13-20H2,1-3H3,(H,32,37)(H,33,40)(H,34,39)/t21-,22+,26+,27+,29+/m1/s1. The first kappa shape index (κ1) is 33.8. The van der Waals surface area contributed by atoms with Crippen molar-refractivity contribution in [2.45, 2.75) is 83.0 Å². The lowest BCUT2D eigenvalue weighted by Crippen LogP contribution is -2.57. The second-order valence-electron chi connectivity index (χ2n) is 11.8. The van der Waals surface area contributed by atoms with Gasteiger partial charge < -0.3 is 35.6 Å². The number of carbonyl (C=O) groups is 3. The fourth-order valence-electron chi connectivity index (χ4n) is 5.67. The van der Waals surface area contributed by atoms with Crippen LogP contribution in [0.5, 0.6) is 5.75 Å². The number of amides is 3. The van der Waals surface area contributed by atoms with Gasteiger partial charge in [0.25, 0.3) is 0 Å². The highest BCUT2D eigenvalue weighted by Gasteiger charge is 2.32. The smallest absolute Gasteiger partial charge is 0.243 e. The zero-order valence-corrected chi connectivity index (χ0v) is 25.3. The fraction of sp³-hybridized carbons (Fsp3) is 0.710. The molecule has 11 nitrogen and oxygen atoms in total. The third-order valence-corrected chi connectivity index (χ3v) is 8.40. The Morgan fingerprint density at radius 1 is 1.00 bits per heavy atom. The maximum Gasteiger partial charge on any atom is 0.243 e. The lowest BCUT2D eigenvalue weighted by molar-refractivity contribution is -0.133. The zero-order valence-electron chi connectivity index (χ0n) is 25.3. The second kappa shape index (κ2) is 17.4. The first-order valence-corrected chi connectivity index (χ1v) is 15.3. The van der Waals surface area contributed by atoms with Gasteiger partial charge in [-0.2, -0.15) is 0 Å². The first-order valence-electron chi connectivity index (χ1n) is 15.3. The topological polar surface area (TPSA) is 149 Å². The summed E-state index contributed by atoms with van der Waals surface area (Å²) in [6, 6.07) is 4.88. The predicted molar refractivity (Wildman–Crippen MR) is 159 cm³/mol. The van der Waals surface area contributed by atoms with Crippen molar-refractivity contribution in [3.05, 3.63) is 29.8 Å². The number of ether oxygens (including phenoxy) is 2. The highest BCUT2D eigenvalue weighted by Crippen LogP contribution is 2.29. The Morgan fingerprint density at radius 2 is 1.67 bits per heavy atom. The van der Waals surface area contributed by atoms with Crippen LogP contribution < -0.4 is 20.7 Å². The van der Waals surface area contributed by atoms with Crippen molar-refractivity contribution in [2.24, 2.45) is 11.8 Å². The van der Waals surface area contributed by atoms with Crippen LogP contribution in [-0.2, 0) is 25.5 Å². The Morgan fingerprint density at radius 3 is 2.29 bits per heavy atom. The predicted octanol–water partition coefficient (Wildman–Crippen LogP) is 1.00. The Bertz CT molecular complexity index is 980. The van der Waals surface area contributed by atoms with Crippen LogP contribution in [0.25, 0.3) is 0 Å². The van der Waals surface area contributed by atoms with Crippen LogP contribution in [0.1, 0.15) is 57.9 Å². The number of aliphatic hydroxyl groups excluding tert-OH is 2. The maximum atomic E-state index is 13.8. The maximum absolute atomic E-state index is 13.8. The SMILES string of the molecule is COc1ccc(C[C@H](NC(=O)[C@H](C)NC(=O)CN2CCOCC2)C(=O)N[C@@H](CC2CCCCC2)[C@@H](O)[C@H](C)CO)cc1. The molecule has 2 fully saturated rings. The van der Waals surface area contributed by atoms with Gasteiger partial charge in [-0.1, -0.05) is 51.2 Å². The van der Waals surface area contributed by atoms with Gasteiger partial charge in [0.05, 0.1) is 39.0 Å². The van der Waals surface area contributed by atoms with E-state index in [1.165, 1.54) is 6.42 Å². The summed E-state index contributed by atoms with van der Waals surface area (Å²) in [6.07, 6.45) is 5.41. The summed E-state index contributed by atoms with van der Waals surface area (Å²) in [7, 11) is 1.57. The average Bonchev–Trinajstić information content (AvgIpc) is 3.00. The minimum absolute atomic E-state index is 0.167. The molecular weight excluding hydrogens is 540 g/mol. The molecule has 2 aliphatic rings. The Balaban J connectivity index is 1.71. The first-order chi connectivity index (χ1) is 20.2. The van der Waals surface area contributed by atoms with Crippen LogP contribution in [0.2, 0.25) is 0 Å². The molecule has 0 aromatic heterocycles. The lowest BCUT2D eigenvalue weighted by Gasteiger charge is -2.33. The number of nitrogens with one attached hydrogen (secondary N) is 3. The molecule has 236 valence electrons. The lowest BCUT2D eigenvalue weighted by atomic mass is 9.82. The van der Waals surface area contributed by atoms with Crippen molar-refractivity contribution in [3.63, 3.8) is 0 Å². The minimum Gasteiger partial charge on any atom is -0.497 e. The molecule has 1 aliphatic carbocycles. The molecule has 5 N–H and O–H groups in total. The van der Waals surface area contributed by atoms with Gasteiger partial charge in [0.2, 0.25) is 17.7 Å². The number of rotatable bonds is 15.